The van der Waals surface area contributed by atoms with Crippen LogP contribution in [0.3, 0.4) is 0 Å². The minimum absolute atomic E-state index is 0.673. The lowest BCUT2D eigenvalue weighted by molar-refractivity contribution is 0.163. The predicted molar refractivity (Wildman–Crippen MR) is 166 cm³/mol. The highest BCUT2D eigenvalue weighted by molar-refractivity contribution is 6.08. The number of aryl methyl sites for hydroxylation is 2. The van der Waals surface area contributed by atoms with Gasteiger partial charge in [-0.1, -0.05) is 71.8 Å². The molecule has 0 fully saturated rings. The van der Waals surface area contributed by atoms with Crippen LogP contribution in [0.2, 0.25) is 0 Å². The first-order valence-corrected chi connectivity index (χ1v) is 14.0. The Hall–Kier alpha value is -4.54. The van der Waals surface area contributed by atoms with Crippen LogP contribution in [0.5, 0.6) is 17.2 Å². The molecule has 0 spiro atoms. The Bertz CT molecular complexity index is 1820. The van der Waals surface area contributed by atoms with Crippen LogP contribution < -0.4 is 19.9 Å². The normalized spacial score (nSPS) is 17.9. The van der Waals surface area contributed by atoms with E-state index in [0.717, 1.165) is 55.8 Å². The van der Waals surface area contributed by atoms with E-state index in [1.165, 1.54) is 22.3 Å². The van der Waals surface area contributed by atoms with Crippen molar-refractivity contribution in [1.29, 1.82) is 0 Å². The van der Waals surface area contributed by atoms with E-state index in [4.69, 9.17) is 19.9 Å². The van der Waals surface area contributed by atoms with Crippen LogP contribution in [0.15, 0.2) is 91.0 Å². The average molecular weight is 540 g/mol. The number of hydrogen-bond acceptors (Lipinski definition) is 4. The van der Waals surface area contributed by atoms with Gasteiger partial charge in [0.15, 0.2) is 5.60 Å². The fraction of sp³-hybridized carbons (Fsp3) is 0.189. The van der Waals surface area contributed by atoms with Gasteiger partial charge in [-0.25, -0.2) is 0 Å². The Labute approximate surface area is 241 Å². The Morgan fingerprint density at radius 1 is 0.707 bits per heavy atom. The smallest absolute Gasteiger partial charge is 0.178 e. The third kappa shape index (κ3) is 3.64. The van der Waals surface area contributed by atoms with Crippen molar-refractivity contribution < 1.29 is 14.2 Å². The first kappa shape index (κ1) is 25.4. The molecule has 0 amide bonds. The molecule has 0 bridgehead atoms. The third-order valence-corrected chi connectivity index (χ3v) is 8.76. The Morgan fingerprint density at radius 3 is 1.90 bits per heavy atom. The quantitative estimate of drug-likeness (QED) is 0.251. The van der Waals surface area contributed by atoms with Gasteiger partial charge in [0.25, 0.3) is 0 Å². The maximum atomic E-state index is 7.32. The van der Waals surface area contributed by atoms with Gasteiger partial charge < -0.3 is 19.9 Å². The van der Waals surface area contributed by atoms with Crippen LogP contribution in [-0.4, -0.2) is 14.2 Å². The molecule has 0 aromatic heterocycles. The summed E-state index contributed by atoms with van der Waals surface area (Å²) in [4.78, 5) is 0. The molecule has 4 nitrogen and oxygen atoms in total. The largest absolute Gasteiger partial charge is 0.497 e. The van der Waals surface area contributed by atoms with Crippen LogP contribution in [0, 0.1) is 13.8 Å². The van der Waals surface area contributed by atoms with E-state index in [-0.39, 0.29) is 0 Å². The third-order valence-electron chi connectivity index (χ3n) is 8.76. The van der Waals surface area contributed by atoms with Crippen molar-refractivity contribution in [2.45, 2.75) is 31.9 Å². The first-order chi connectivity index (χ1) is 19.8. The topological polar surface area (TPSA) is 53.7 Å². The van der Waals surface area contributed by atoms with Gasteiger partial charge >= 0.3 is 0 Å². The Balaban J connectivity index is 1.54. The molecule has 1 unspecified atom stereocenters. The zero-order chi connectivity index (χ0) is 28.5. The number of hydrogen-bond donors (Lipinski definition) is 1. The minimum atomic E-state index is -0.872. The highest BCUT2D eigenvalue weighted by Crippen LogP contribution is 2.57. The summed E-state index contributed by atoms with van der Waals surface area (Å²) in [6.07, 6.45) is 4.39. The highest BCUT2D eigenvalue weighted by atomic mass is 16.5. The van der Waals surface area contributed by atoms with E-state index >= 15 is 0 Å². The number of benzene rings is 5. The lowest BCUT2D eigenvalue weighted by Crippen LogP contribution is -2.36. The van der Waals surface area contributed by atoms with Gasteiger partial charge in [0.2, 0.25) is 0 Å². The van der Waals surface area contributed by atoms with Gasteiger partial charge in [-0.05, 0) is 84.8 Å². The summed E-state index contributed by atoms with van der Waals surface area (Å²) in [5.74, 6) is 2.44. The second-order valence-electron chi connectivity index (χ2n) is 11.4. The average Bonchev–Trinajstić information content (AvgIpc) is 3.23. The molecular weight excluding hydrogens is 506 g/mol. The van der Waals surface area contributed by atoms with Crippen molar-refractivity contribution in [3.8, 4) is 28.4 Å². The molecule has 204 valence electrons. The Kier molecular flexibility index (Phi) is 5.57. The van der Waals surface area contributed by atoms with Crippen LogP contribution in [0.1, 0.15) is 45.9 Å². The van der Waals surface area contributed by atoms with Crippen molar-refractivity contribution in [2.24, 2.45) is 5.73 Å². The molecule has 2 aliphatic rings. The van der Waals surface area contributed by atoms with Crippen LogP contribution in [0.4, 0.5) is 0 Å². The molecule has 41 heavy (non-hydrogen) atoms. The van der Waals surface area contributed by atoms with Crippen molar-refractivity contribution in [3.05, 3.63) is 130 Å². The van der Waals surface area contributed by atoms with Crippen LogP contribution in [-0.2, 0) is 11.1 Å². The van der Waals surface area contributed by atoms with Crippen molar-refractivity contribution in [3.63, 3.8) is 0 Å². The predicted octanol–water partition coefficient (Wildman–Crippen LogP) is 8.03. The Morgan fingerprint density at radius 2 is 1.29 bits per heavy atom. The second-order valence-corrected chi connectivity index (χ2v) is 11.4. The number of nitrogens with two attached hydrogens (primary N) is 1. The summed E-state index contributed by atoms with van der Waals surface area (Å²) in [6.45, 7) is 6.37. The summed E-state index contributed by atoms with van der Waals surface area (Å²) in [5.41, 5.74) is 15.8. The molecule has 0 radical (unpaired) electrons. The van der Waals surface area contributed by atoms with Crippen molar-refractivity contribution in [2.75, 3.05) is 14.2 Å². The lowest BCUT2D eigenvalue weighted by Gasteiger charge is -2.38. The van der Waals surface area contributed by atoms with Gasteiger partial charge in [0.1, 0.15) is 17.2 Å². The van der Waals surface area contributed by atoms with E-state index in [9.17, 15) is 0 Å². The van der Waals surface area contributed by atoms with Gasteiger partial charge in [-0.15, -0.1) is 0 Å². The van der Waals surface area contributed by atoms with E-state index < -0.39 is 11.1 Å². The van der Waals surface area contributed by atoms with Crippen molar-refractivity contribution in [1.82, 2.24) is 0 Å². The second kappa shape index (κ2) is 8.98. The SMILES string of the molecule is COc1ccc(C2(c3ccc(OC)cc3)C=Cc3c4c(c5ccc(C)cc5c3O2)-c2ccc(C)cc2C4(C)N)cc1. The highest BCUT2D eigenvalue weighted by Gasteiger charge is 2.44. The molecule has 1 aliphatic heterocycles. The molecule has 5 aromatic carbocycles. The number of fused-ring (bicyclic) bond motifs is 8. The molecule has 1 atom stereocenters. The van der Waals surface area contributed by atoms with Gasteiger partial charge in [-0.3, -0.25) is 0 Å². The van der Waals surface area contributed by atoms with Gasteiger partial charge in [0, 0.05) is 22.1 Å². The molecule has 5 aromatic rings. The molecular formula is C37H33NO3. The molecule has 7 rings (SSSR count). The van der Waals surface area contributed by atoms with Crippen molar-refractivity contribution >= 4 is 16.8 Å². The monoisotopic (exact) mass is 539 g/mol. The summed E-state index contributed by atoms with van der Waals surface area (Å²) >= 11 is 0. The molecule has 1 heterocycles. The van der Waals surface area contributed by atoms with Gasteiger partial charge in [-0.2, -0.15) is 0 Å². The number of rotatable bonds is 4. The molecule has 0 saturated carbocycles. The zero-order valence-corrected chi connectivity index (χ0v) is 24.0. The molecule has 1 aliphatic carbocycles. The van der Waals surface area contributed by atoms with Crippen LogP contribution in [0.25, 0.3) is 28.0 Å². The van der Waals surface area contributed by atoms with E-state index in [1.54, 1.807) is 14.2 Å². The molecule has 2 N–H and O–H groups in total. The fourth-order valence-electron chi connectivity index (χ4n) is 6.67. The first-order valence-electron chi connectivity index (χ1n) is 14.0. The maximum absolute atomic E-state index is 7.32. The lowest BCUT2D eigenvalue weighted by atomic mass is 9.80. The minimum Gasteiger partial charge on any atom is -0.497 e. The molecule has 0 saturated heterocycles. The number of methoxy groups -OCH3 is 2. The van der Waals surface area contributed by atoms with E-state index in [2.05, 4.69) is 93.6 Å². The van der Waals surface area contributed by atoms with Crippen LogP contribution >= 0.6 is 0 Å². The standard InChI is InChI=1S/C37H33NO3/c1-22-6-16-28-31(20-22)35-30(34-33(28)29-17-7-23(2)21-32(29)36(34,3)38)18-19-37(41-35,24-8-12-26(39-4)13-9-24)25-10-14-27(40-5)15-11-25/h6-21H,38H2,1-5H3. The summed E-state index contributed by atoms with van der Waals surface area (Å²) in [5, 5.41) is 2.23. The fourth-order valence-corrected chi connectivity index (χ4v) is 6.67. The van der Waals surface area contributed by atoms with Gasteiger partial charge in [0.05, 0.1) is 19.8 Å². The summed E-state index contributed by atoms with van der Waals surface area (Å²) in [7, 11) is 3.36. The number of ether oxygens (including phenoxy) is 3. The van der Waals surface area contributed by atoms with E-state index in [1.807, 2.05) is 24.3 Å². The van der Waals surface area contributed by atoms with E-state index in [0.29, 0.717) is 0 Å². The molecule has 4 heteroatoms. The summed E-state index contributed by atoms with van der Waals surface area (Å²) < 4.78 is 18.3. The summed E-state index contributed by atoms with van der Waals surface area (Å²) in [6, 6.07) is 29.5. The zero-order valence-electron chi connectivity index (χ0n) is 24.0. The maximum Gasteiger partial charge on any atom is 0.178 e.